The van der Waals surface area contributed by atoms with Crippen LogP contribution < -0.4 is 9.47 Å². The molecular formula is C33H46N3O6S4+. The monoisotopic (exact) mass is 708 g/mol. The molecule has 0 spiro atoms. The molecule has 0 aliphatic carbocycles. The van der Waals surface area contributed by atoms with Gasteiger partial charge >= 0.3 is 10.1 Å². The third-order valence-corrected chi connectivity index (χ3v) is 12.7. The smallest absolute Gasteiger partial charge is 0.314 e. The van der Waals surface area contributed by atoms with Gasteiger partial charge in [0.2, 0.25) is 5.52 Å². The van der Waals surface area contributed by atoms with Crippen molar-refractivity contribution in [1.82, 2.24) is 0 Å². The highest BCUT2D eigenvalue weighted by Gasteiger charge is 2.32. The topological polar surface area (TPSA) is 108 Å². The summed E-state index contributed by atoms with van der Waals surface area (Å²) in [5.41, 5.74) is 5.40. The lowest BCUT2D eigenvalue weighted by Crippen LogP contribution is -2.49. The van der Waals surface area contributed by atoms with Gasteiger partial charge in [0, 0.05) is 35.8 Å². The van der Waals surface area contributed by atoms with Gasteiger partial charge in [-0.25, -0.2) is 8.42 Å². The van der Waals surface area contributed by atoms with E-state index in [0.29, 0.717) is 39.1 Å². The molecule has 0 N–H and O–H groups in total. The van der Waals surface area contributed by atoms with Crippen LogP contribution in [0.1, 0.15) is 63.1 Å². The molecule has 2 aromatic carbocycles. The summed E-state index contributed by atoms with van der Waals surface area (Å²) in [6.07, 6.45) is 5.71. The molecule has 252 valence electrons. The van der Waals surface area contributed by atoms with Gasteiger partial charge in [0.1, 0.15) is 24.3 Å². The predicted octanol–water partition coefficient (Wildman–Crippen LogP) is 6.52. The first-order chi connectivity index (χ1) is 21.7. The molecule has 2 heterocycles. The summed E-state index contributed by atoms with van der Waals surface area (Å²) in [5, 5.41) is 2.00. The van der Waals surface area contributed by atoms with Gasteiger partial charge in [0.05, 0.1) is 26.6 Å². The van der Waals surface area contributed by atoms with Crippen molar-refractivity contribution in [1.29, 1.82) is 0 Å². The molecule has 0 saturated carbocycles. The number of hydroxylamine groups is 3. The van der Waals surface area contributed by atoms with E-state index in [0.717, 1.165) is 54.0 Å². The Hall–Kier alpha value is -2.26. The van der Waals surface area contributed by atoms with E-state index in [2.05, 4.69) is 71.9 Å². The number of fused-ring (bicyclic) bond motifs is 2. The van der Waals surface area contributed by atoms with Crippen LogP contribution in [0.4, 0.5) is 5.69 Å². The molecule has 4 rings (SSSR count). The summed E-state index contributed by atoms with van der Waals surface area (Å²) in [7, 11) is -8.03. The Morgan fingerprint density at radius 3 is 2.28 bits per heavy atom. The lowest BCUT2D eigenvalue weighted by molar-refractivity contribution is -1.08. The summed E-state index contributed by atoms with van der Waals surface area (Å²) in [4.78, 5) is 3.32. The molecule has 0 radical (unpaired) electrons. The van der Waals surface area contributed by atoms with Crippen LogP contribution in [0.5, 0.6) is 0 Å². The number of aryl methyl sites for hydroxylation is 3. The molecule has 3 aromatic rings. The normalized spacial score (nSPS) is 15.3. The van der Waals surface area contributed by atoms with Crippen LogP contribution in [0.2, 0.25) is 0 Å². The van der Waals surface area contributed by atoms with E-state index in [1.54, 1.807) is 23.1 Å². The molecule has 1 aliphatic heterocycles. The second-order valence-corrected chi connectivity index (χ2v) is 17.0. The molecular weight excluding hydrogens is 663 g/mol. The van der Waals surface area contributed by atoms with E-state index in [9.17, 15) is 21.4 Å². The van der Waals surface area contributed by atoms with Crippen molar-refractivity contribution in [2.24, 2.45) is 0 Å². The minimum atomic E-state index is -4.30. The molecule has 1 aromatic heterocycles. The number of rotatable bonds is 16. The van der Waals surface area contributed by atoms with Crippen LogP contribution in [0.3, 0.4) is 0 Å². The van der Waals surface area contributed by atoms with Crippen LogP contribution in [-0.2, 0) is 31.1 Å². The minimum absolute atomic E-state index is 0.0701. The first-order valence-electron chi connectivity index (χ1n) is 15.9. The maximum Gasteiger partial charge on any atom is 0.314 e. The fourth-order valence-corrected chi connectivity index (χ4v) is 9.70. The van der Waals surface area contributed by atoms with E-state index >= 15 is 0 Å². The van der Waals surface area contributed by atoms with Gasteiger partial charge in [-0.15, -0.1) is 0 Å². The molecule has 0 amide bonds. The summed E-state index contributed by atoms with van der Waals surface area (Å²) >= 11 is 3.31. The van der Waals surface area contributed by atoms with Crippen molar-refractivity contribution >= 4 is 65.3 Å². The lowest BCUT2D eigenvalue weighted by atomic mass is 10.1. The van der Waals surface area contributed by atoms with Crippen LogP contribution in [-0.4, -0.2) is 63.7 Å². The Morgan fingerprint density at radius 1 is 0.957 bits per heavy atom. The van der Waals surface area contributed by atoms with Crippen LogP contribution >= 0.6 is 23.1 Å². The SMILES string of the molecule is CCC(/C=C1\Sc2ccc(C)cc2N1CCCS(=O)(=O)O[N+](CC)(CC)CC)=C\c1sc2ccc(C)cc2[n+]1CCCS(=O)(=O)[O-]. The standard InChI is InChI=1S/C33H46N3O6S4/c1-7-27(23-32-34(17-11-19-45(37,38)39)28-21-25(5)13-15-30(28)43-32)24-33-35(29-22-26(6)14-16-31(29)44-33)18-12-20-46(40,41)42-36(8-2,9-3)10-4/h13-16,21-24H,7-12,17-20H2,1-6H3/q+1. The van der Waals surface area contributed by atoms with E-state index < -0.39 is 26.0 Å². The maximum absolute atomic E-state index is 13.0. The second-order valence-electron chi connectivity index (χ2n) is 11.7. The highest BCUT2D eigenvalue weighted by molar-refractivity contribution is 8.03. The van der Waals surface area contributed by atoms with Gasteiger partial charge in [-0.1, -0.05) is 46.4 Å². The van der Waals surface area contributed by atoms with Crippen LogP contribution in [0.25, 0.3) is 16.3 Å². The number of aromatic nitrogens is 1. The number of allylic oxidation sites excluding steroid dienone is 2. The van der Waals surface area contributed by atoms with Gasteiger partial charge in [-0.2, -0.15) is 17.6 Å². The highest BCUT2D eigenvalue weighted by Crippen LogP contribution is 2.47. The summed E-state index contributed by atoms with van der Waals surface area (Å²) in [6, 6.07) is 12.6. The number of hydrogen-bond donors (Lipinski definition) is 0. The average Bonchev–Trinajstić information content (AvgIpc) is 3.51. The molecule has 13 heteroatoms. The van der Waals surface area contributed by atoms with Gasteiger partial charge < -0.3 is 9.45 Å². The molecule has 0 atom stereocenters. The minimum Gasteiger partial charge on any atom is -0.748 e. The van der Waals surface area contributed by atoms with Crippen LogP contribution in [0.15, 0.2) is 58.0 Å². The Kier molecular flexibility index (Phi) is 12.2. The van der Waals surface area contributed by atoms with Crippen LogP contribution in [0, 0.1) is 13.8 Å². The van der Waals surface area contributed by atoms with Crippen molar-refractivity contribution in [3.63, 3.8) is 0 Å². The number of quaternary nitrogens is 1. The van der Waals surface area contributed by atoms with Gasteiger partial charge in [-0.3, -0.25) is 0 Å². The molecule has 9 nitrogen and oxygen atoms in total. The van der Waals surface area contributed by atoms with E-state index in [4.69, 9.17) is 4.28 Å². The van der Waals surface area contributed by atoms with Crippen molar-refractivity contribution in [3.05, 3.63) is 69.2 Å². The zero-order valence-electron chi connectivity index (χ0n) is 27.6. The average molecular weight is 709 g/mol. The molecule has 0 saturated heterocycles. The van der Waals surface area contributed by atoms with Crippen molar-refractivity contribution in [2.75, 3.05) is 42.6 Å². The lowest BCUT2D eigenvalue weighted by Gasteiger charge is -2.31. The molecule has 0 unspecified atom stereocenters. The third kappa shape index (κ3) is 9.21. The van der Waals surface area contributed by atoms with E-state index in [1.165, 1.54) is 0 Å². The fourth-order valence-electron chi connectivity index (χ4n) is 5.57. The number of benzene rings is 2. The Labute approximate surface area is 283 Å². The molecule has 46 heavy (non-hydrogen) atoms. The largest absolute Gasteiger partial charge is 0.748 e. The third-order valence-electron chi connectivity index (χ3n) is 8.35. The first kappa shape index (κ1) is 36.6. The summed E-state index contributed by atoms with van der Waals surface area (Å²) in [5.74, 6) is -0.476. The van der Waals surface area contributed by atoms with Gasteiger partial charge in [0.15, 0.2) is 6.54 Å². The van der Waals surface area contributed by atoms with Crippen molar-refractivity contribution in [2.45, 2.75) is 72.2 Å². The number of anilines is 1. The van der Waals surface area contributed by atoms with Gasteiger partial charge in [0.25, 0.3) is 5.01 Å². The second kappa shape index (κ2) is 15.3. The fraction of sp³-hybridized carbons (Fsp3) is 0.485. The van der Waals surface area contributed by atoms with Crippen molar-refractivity contribution < 1.29 is 34.9 Å². The van der Waals surface area contributed by atoms with E-state index in [-0.39, 0.29) is 16.8 Å². The zero-order chi connectivity index (χ0) is 33.7. The molecule has 0 bridgehead atoms. The Morgan fingerprint density at radius 2 is 1.63 bits per heavy atom. The Balaban J connectivity index is 1.64. The van der Waals surface area contributed by atoms with Crippen molar-refractivity contribution in [3.8, 4) is 0 Å². The molecule has 1 aliphatic rings. The highest BCUT2D eigenvalue weighted by atomic mass is 32.2. The number of thioether (sulfide) groups is 1. The summed E-state index contributed by atoms with van der Waals surface area (Å²) in [6.45, 7) is 14.7. The Bertz CT molecular complexity index is 1820. The predicted molar refractivity (Wildman–Crippen MR) is 188 cm³/mol. The quantitative estimate of drug-likeness (QED) is 0.0717. The number of thiazole rings is 1. The summed E-state index contributed by atoms with van der Waals surface area (Å²) < 4.78 is 69.0. The van der Waals surface area contributed by atoms with E-state index in [1.807, 2.05) is 27.7 Å². The molecule has 0 fully saturated rings. The zero-order valence-corrected chi connectivity index (χ0v) is 30.9. The maximum atomic E-state index is 13.0. The van der Waals surface area contributed by atoms with Gasteiger partial charge in [-0.05, 0) is 88.4 Å². The first-order valence-corrected chi connectivity index (χ1v) is 20.7. The number of nitrogens with zero attached hydrogens (tertiary/aromatic N) is 3. The number of hydrogen-bond acceptors (Lipinski definition) is 9.